The fourth-order valence-electron chi connectivity index (χ4n) is 1.38. The van der Waals surface area contributed by atoms with E-state index in [9.17, 15) is 0 Å². The summed E-state index contributed by atoms with van der Waals surface area (Å²) in [7, 11) is 0. The monoisotopic (exact) mass is 470 g/mol. The zero-order valence-corrected chi connectivity index (χ0v) is 17.0. The molecule has 0 heterocycles. The Bertz CT molecular complexity index is 374. The molecule has 0 aromatic rings. The Kier molecular flexibility index (Phi) is 27.3. The number of hydrogen-bond donors (Lipinski definition) is 0. The van der Waals surface area contributed by atoms with Gasteiger partial charge in [0, 0.05) is 28.3 Å². The van der Waals surface area contributed by atoms with Crippen LogP contribution in [0.3, 0.4) is 0 Å². The van der Waals surface area contributed by atoms with Crippen molar-refractivity contribution >= 4 is 0 Å². The van der Waals surface area contributed by atoms with Gasteiger partial charge in [-0.1, -0.05) is 59.8 Å². The summed E-state index contributed by atoms with van der Waals surface area (Å²) in [4.78, 5) is 0. The van der Waals surface area contributed by atoms with E-state index in [0.717, 1.165) is 0 Å². The Hall–Kier alpha value is -0.820. The molecule has 5 heteroatoms. The molecule has 0 N–H and O–H groups in total. The van der Waals surface area contributed by atoms with E-state index < -0.39 is 0 Å². The van der Waals surface area contributed by atoms with Crippen LogP contribution in [-0.2, 0) is 41.0 Å². The van der Waals surface area contributed by atoms with Crippen LogP contribution in [0.1, 0.15) is 41.5 Å². The van der Waals surface area contributed by atoms with Crippen molar-refractivity contribution in [1.29, 1.82) is 0 Å². The minimum absolute atomic E-state index is 0. The van der Waals surface area contributed by atoms with Gasteiger partial charge in [-0.15, -0.1) is 0 Å². The largest absolute Gasteiger partial charge is 0 e. The fraction of sp³-hybridized carbons (Fsp3) is 0.471. The van der Waals surface area contributed by atoms with Gasteiger partial charge in [0.25, 0.3) is 0 Å². The molecule has 0 unspecified atom stereocenters. The molecule has 1 aliphatic rings. The Balaban J connectivity index is -0.0000000932. The predicted molar refractivity (Wildman–Crippen MR) is 75.1 cm³/mol. The zero-order valence-electron chi connectivity index (χ0n) is 13.8. The minimum Gasteiger partial charge on any atom is 0 e. The summed E-state index contributed by atoms with van der Waals surface area (Å²) in [5, 5.41) is 0. The van der Waals surface area contributed by atoms with Gasteiger partial charge in [-0.2, -0.15) is 0 Å². The van der Waals surface area contributed by atoms with Crippen LogP contribution >= 0.6 is 0 Å². The Labute approximate surface area is 149 Å². The molecule has 2 radical (unpaired) electrons. The van der Waals surface area contributed by atoms with Crippen LogP contribution in [0.25, 0.3) is 0 Å². The summed E-state index contributed by atoms with van der Waals surface area (Å²) >= 11 is 0. The Morgan fingerprint density at radius 2 is 0.955 bits per heavy atom. The van der Waals surface area contributed by atoms with Gasteiger partial charge < -0.3 is 0 Å². The Morgan fingerprint density at radius 3 is 1.09 bits per heavy atom. The van der Waals surface area contributed by atoms with E-state index in [-0.39, 0.29) is 33.2 Å². The average molecular weight is 470 g/mol. The summed E-state index contributed by atoms with van der Waals surface area (Å²) in [6, 6.07) is 0. The van der Waals surface area contributed by atoms with Crippen LogP contribution in [0.2, 0.25) is 0 Å². The van der Waals surface area contributed by atoms with Crippen LogP contribution < -0.4 is 0 Å². The van der Waals surface area contributed by atoms with Gasteiger partial charge in [0.05, 0.1) is 0 Å². The molecular weight excluding hydrogens is 449 g/mol. The normalized spacial score (nSPS) is 11.8. The van der Waals surface area contributed by atoms with Crippen LogP contribution in [0.4, 0.5) is 0 Å². The van der Waals surface area contributed by atoms with Crippen LogP contribution in [0, 0.1) is 43.3 Å². The van der Waals surface area contributed by atoms with Crippen molar-refractivity contribution in [2.24, 2.45) is 10.8 Å². The third kappa shape index (κ3) is 15.6. The van der Waals surface area contributed by atoms with Crippen molar-refractivity contribution in [3.8, 4) is 0 Å². The van der Waals surface area contributed by atoms with Crippen molar-refractivity contribution < 1.29 is 41.0 Å². The van der Waals surface area contributed by atoms with E-state index in [0.29, 0.717) is 0 Å². The third-order valence-electron chi connectivity index (χ3n) is 2.49. The average Bonchev–Trinajstić information content (AvgIpc) is 2.97. The number of allylic oxidation sites excluding steroid dienone is 4. The van der Waals surface area contributed by atoms with E-state index in [1.807, 2.05) is 0 Å². The van der Waals surface area contributed by atoms with Gasteiger partial charge in [-0.25, -0.2) is 0 Å². The van der Waals surface area contributed by atoms with Gasteiger partial charge >= 0.3 is 45.2 Å². The summed E-state index contributed by atoms with van der Waals surface area (Å²) < 4.78 is 30.0. The van der Waals surface area contributed by atoms with Gasteiger partial charge in [-0.05, 0) is 16.4 Å². The molecule has 0 amide bonds. The summed E-state index contributed by atoms with van der Waals surface area (Å²) in [6.07, 6.45) is 6.83. The standard InChI is InChI=1S/C13H21.4CO.Ta/c1-12(2,3)10-7-8-11(9-10)13(4,5)6;4*1-2;/h7-9H,1-6H3;;;;;. The SMILES string of the molecule is CC(C)(C)[C]1C=CC(C(C)(C)C)=C1.[C-]#[O+].[C-]#[O+].[C-]#[O+].[C-]#[O+].[Ta]. The molecule has 0 saturated heterocycles. The quantitative estimate of drug-likeness (QED) is 0.379. The molecule has 1 aliphatic carbocycles. The first-order chi connectivity index (χ1) is 9.71. The van der Waals surface area contributed by atoms with Crippen molar-refractivity contribution in [2.75, 3.05) is 0 Å². The van der Waals surface area contributed by atoms with Gasteiger partial charge in [0.1, 0.15) is 0 Å². The van der Waals surface area contributed by atoms with Crippen LogP contribution in [0.5, 0.6) is 0 Å². The smallest absolute Gasteiger partial charge is 0 e. The second-order valence-corrected chi connectivity index (χ2v) is 5.89. The molecule has 118 valence electrons. The zero-order chi connectivity index (χ0) is 18.3. The maximum Gasteiger partial charge on any atom is 0 e. The molecule has 1 rings (SSSR count). The first-order valence-electron chi connectivity index (χ1n) is 5.80. The molecule has 0 aromatic heterocycles. The second kappa shape index (κ2) is 18.2. The van der Waals surface area contributed by atoms with Gasteiger partial charge in [-0.3, -0.25) is 0 Å². The van der Waals surface area contributed by atoms with Gasteiger partial charge in [0.2, 0.25) is 0 Å². The summed E-state index contributed by atoms with van der Waals surface area (Å²) in [6.45, 7) is 31.6. The molecule has 0 aromatic carbocycles. The first-order valence-corrected chi connectivity index (χ1v) is 5.80. The van der Waals surface area contributed by atoms with E-state index in [2.05, 4.69) is 86.4 Å². The molecule has 0 aliphatic heterocycles. The second-order valence-electron chi connectivity index (χ2n) is 5.89. The molecule has 4 nitrogen and oxygen atoms in total. The summed E-state index contributed by atoms with van der Waals surface area (Å²) in [5.41, 5.74) is 2.00. The predicted octanol–water partition coefficient (Wildman–Crippen LogP) is 4.00. The Morgan fingerprint density at radius 1 is 0.636 bits per heavy atom. The first kappa shape index (κ1) is 32.9. The fourth-order valence-corrected chi connectivity index (χ4v) is 1.38. The molecule has 0 bridgehead atoms. The van der Waals surface area contributed by atoms with Crippen molar-refractivity contribution in [2.45, 2.75) is 41.5 Å². The van der Waals surface area contributed by atoms with Crippen molar-refractivity contribution in [3.63, 3.8) is 0 Å². The van der Waals surface area contributed by atoms with E-state index in [1.165, 1.54) is 11.5 Å². The minimum atomic E-state index is 0. The molecular formula is C17H21O4Ta. The van der Waals surface area contributed by atoms with E-state index in [1.54, 1.807) is 0 Å². The maximum absolute atomic E-state index is 7.50. The molecule has 22 heavy (non-hydrogen) atoms. The van der Waals surface area contributed by atoms with Gasteiger partial charge in [0.15, 0.2) is 0 Å². The van der Waals surface area contributed by atoms with Crippen LogP contribution in [0.15, 0.2) is 23.8 Å². The van der Waals surface area contributed by atoms with E-state index in [4.69, 9.17) is 18.6 Å². The third-order valence-corrected chi connectivity index (χ3v) is 2.49. The van der Waals surface area contributed by atoms with Crippen molar-refractivity contribution in [3.05, 3.63) is 56.3 Å². The van der Waals surface area contributed by atoms with Crippen LogP contribution in [-0.4, -0.2) is 0 Å². The molecule has 0 spiro atoms. The maximum atomic E-state index is 7.50. The number of rotatable bonds is 0. The van der Waals surface area contributed by atoms with Crippen molar-refractivity contribution in [1.82, 2.24) is 0 Å². The summed E-state index contributed by atoms with van der Waals surface area (Å²) in [5.74, 6) is 1.44. The van der Waals surface area contributed by atoms with E-state index >= 15 is 0 Å². The topological polar surface area (TPSA) is 79.6 Å². The molecule has 0 atom stereocenters. The molecule has 0 saturated carbocycles. The molecule has 0 fully saturated rings. The number of hydrogen-bond acceptors (Lipinski definition) is 0.